The Labute approximate surface area is 112 Å². The van der Waals surface area contributed by atoms with Crippen molar-refractivity contribution in [1.29, 1.82) is 0 Å². The normalized spacial score (nSPS) is 14.9. The van der Waals surface area contributed by atoms with Gasteiger partial charge in [0.1, 0.15) is 5.69 Å². The number of pyridine rings is 1. The van der Waals surface area contributed by atoms with Crippen molar-refractivity contribution in [1.82, 2.24) is 4.98 Å². The molecule has 0 unspecified atom stereocenters. The van der Waals surface area contributed by atoms with Crippen LogP contribution in [0.4, 0.5) is 5.69 Å². The highest BCUT2D eigenvalue weighted by Gasteiger charge is 2.19. The molecule has 2 aromatic rings. The number of nitrogens with zero attached hydrogens (tertiary/aromatic N) is 1. The van der Waals surface area contributed by atoms with Crippen molar-refractivity contribution in [3.63, 3.8) is 0 Å². The van der Waals surface area contributed by atoms with E-state index in [-0.39, 0.29) is 5.56 Å². The Morgan fingerprint density at radius 1 is 1.11 bits per heavy atom. The van der Waals surface area contributed by atoms with Crippen molar-refractivity contribution < 1.29 is 0 Å². The maximum atomic E-state index is 12.1. The number of H-pyrrole nitrogens is 1. The molecule has 19 heavy (non-hydrogen) atoms. The highest BCUT2D eigenvalue weighted by atomic mass is 16.1. The first-order chi connectivity index (χ1) is 9.27. The molecule has 1 aliphatic heterocycles. The van der Waals surface area contributed by atoms with Crippen molar-refractivity contribution in [3.05, 3.63) is 52.4 Å². The SMILES string of the molecule is Cc1c(-c2ccccc2)c[nH]c(=O)c1N1CCCC1. The summed E-state index contributed by atoms with van der Waals surface area (Å²) in [7, 11) is 0. The average molecular weight is 254 g/mol. The summed E-state index contributed by atoms with van der Waals surface area (Å²) in [4.78, 5) is 17.2. The van der Waals surface area contributed by atoms with Gasteiger partial charge in [0.2, 0.25) is 0 Å². The highest BCUT2D eigenvalue weighted by molar-refractivity contribution is 5.72. The van der Waals surface area contributed by atoms with Gasteiger partial charge in [-0.05, 0) is 30.9 Å². The maximum Gasteiger partial charge on any atom is 0.271 e. The molecule has 3 nitrogen and oxygen atoms in total. The zero-order chi connectivity index (χ0) is 13.2. The van der Waals surface area contributed by atoms with Crippen molar-refractivity contribution in [2.45, 2.75) is 19.8 Å². The molecule has 98 valence electrons. The molecular weight excluding hydrogens is 236 g/mol. The van der Waals surface area contributed by atoms with E-state index in [4.69, 9.17) is 0 Å². The number of aromatic nitrogens is 1. The molecule has 1 aromatic carbocycles. The predicted octanol–water partition coefficient (Wildman–Crippen LogP) is 2.95. The van der Waals surface area contributed by atoms with Crippen molar-refractivity contribution in [2.75, 3.05) is 18.0 Å². The number of aromatic amines is 1. The van der Waals surface area contributed by atoms with Crippen LogP contribution in [0.3, 0.4) is 0 Å². The predicted molar refractivity (Wildman–Crippen MR) is 78.7 cm³/mol. The summed E-state index contributed by atoms with van der Waals surface area (Å²) in [6, 6.07) is 10.2. The first-order valence-corrected chi connectivity index (χ1v) is 6.80. The molecule has 1 aliphatic rings. The van der Waals surface area contributed by atoms with E-state index in [0.717, 1.165) is 35.5 Å². The quantitative estimate of drug-likeness (QED) is 0.894. The van der Waals surface area contributed by atoms with E-state index in [1.165, 1.54) is 12.8 Å². The van der Waals surface area contributed by atoms with E-state index in [9.17, 15) is 4.79 Å². The summed E-state index contributed by atoms with van der Waals surface area (Å²) < 4.78 is 0. The van der Waals surface area contributed by atoms with Gasteiger partial charge in [-0.1, -0.05) is 30.3 Å². The summed E-state index contributed by atoms with van der Waals surface area (Å²) in [6.45, 7) is 4.02. The Hall–Kier alpha value is -2.03. The van der Waals surface area contributed by atoms with Gasteiger partial charge in [0.05, 0.1) is 0 Å². The Balaban J connectivity index is 2.13. The van der Waals surface area contributed by atoms with Gasteiger partial charge >= 0.3 is 0 Å². The number of anilines is 1. The monoisotopic (exact) mass is 254 g/mol. The molecule has 3 rings (SSSR count). The van der Waals surface area contributed by atoms with Gasteiger partial charge in [-0.25, -0.2) is 0 Å². The van der Waals surface area contributed by atoms with E-state index in [1.54, 1.807) is 0 Å². The first-order valence-electron chi connectivity index (χ1n) is 6.80. The van der Waals surface area contributed by atoms with E-state index >= 15 is 0 Å². The third-order valence-corrected chi connectivity index (χ3v) is 3.83. The van der Waals surface area contributed by atoms with Gasteiger partial charge in [-0.3, -0.25) is 4.79 Å². The Kier molecular flexibility index (Phi) is 3.11. The minimum absolute atomic E-state index is 0.0269. The number of rotatable bonds is 2. The molecule has 0 atom stereocenters. The molecule has 0 radical (unpaired) electrons. The van der Waals surface area contributed by atoms with Crippen LogP contribution in [0.1, 0.15) is 18.4 Å². The van der Waals surface area contributed by atoms with E-state index in [1.807, 2.05) is 31.3 Å². The molecule has 0 aliphatic carbocycles. The Morgan fingerprint density at radius 2 is 1.79 bits per heavy atom. The van der Waals surface area contributed by atoms with Crippen molar-refractivity contribution >= 4 is 5.69 Å². The maximum absolute atomic E-state index is 12.1. The number of benzene rings is 1. The highest BCUT2D eigenvalue weighted by Crippen LogP contribution is 2.28. The lowest BCUT2D eigenvalue weighted by atomic mass is 10.0. The lowest BCUT2D eigenvalue weighted by Crippen LogP contribution is -2.27. The molecule has 1 N–H and O–H groups in total. The van der Waals surface area contributed by atoms with Crippen LogP contribution in [-0.4, -0.2) is 18.1 Å². The molecule has 1 aromatic heterocycles. The van der Waals surface area contributed by atoms with Crippen LogP contribution in [0, 0.1) is 6.92 Å². The molecule has 0 spiro atoms. The topological polar surface area (TPSA) is 36.1 Å². The summed E-state index contributed by atoms with van der Waals surface area (Å²) in [5.41, 5.74) is 4.22. The molecule has 0 amide bonds. The Bertz CT molecular complexity index is 625. The van der Waals surface area contributed by atoms with Crippen LogP contribution in [0.5, 0.6) is 0 Å². The Morgan fingerprint density at radius 3 is 2.47 bits per heavy atom. The summed E-state index contributed by atoms with van der Waals surface area (Å²) in [5.74, 6) is 0. The molecule has 0 saturated carbocycles. The van der Waals surface area contributed by atoms with Crippen LogP contribution in [0.15, 0.2) is 41.3 Å². The first kappa shape index (κ1) is 12.0. The van der Waals surface area contributed by atoms with Crippen molar-refractivity contribution in [2.24, 2.45) is 0 Å². The third kappa shape index (κ3) is 2.16. The average Bonchev–Trinajstić information content (AvgIpc) is 2.94. The smallest absolute Gasteiger partial charge is 0.271 e. The van der Waals surface area contributed by atoms with E-state index in [2.05, 4.69) is 22.0 Å². The van der Waals surface area contributed by atoms with Gasteiger partial charge in [0.25, 0.3) is 5.56 Å². The fourth-order valence-electron chi connectivity index (χ4n) is 2.85. The van der Waals surface area contributed by atoms with Gasteiger partial charge in [-0.15, -0.1) is 0 Å². The van der Waals surface area contributed by atoms with Gasteiger partial charge < -0.3 is 9.88 Å². The standard InChI is InChI=1S/C16H18N2O/c1-12-14(13-7-3-2-4-8-13)11-17-16(19)15(12)18-9-5-6-10-18/h2-4,7-8,11H,5-6,9-10H2,1H3,(H,17,19). The summed E-state index contributed by atoms with van der Waals surface area (Å²) in [6.07, 6.45) is 4.18. The zero-order valence-corrected chi connectivity index (χ0v) is 11.1. The van der Waals surface area contributed by atoms with Gasteiger partial charge in [-0.2, -0.15) is 0 Å². The molecule has 2 heterocycles. The number of nitrogens with one attached hydrogen (secondary N) is 1. The minimum Gasteiger partial charge on any atom is -0.367 e. The summed E-state index contributed by atoms with van der Waals surface area (Å²) in [5, 5.41) is 0. The molecule has 1 saturated heterocycles. The minimum atomic E-state index is 0.0269. The lowest BCUT2D eigenvalue weighted by molar-refractivity contribution is 0.942. The number of hydrogen-bond acceptors (Lipinski definition) is 2. The van der Waals surface area contributed by atoms with Crippen molar-refractivity contribution in [3.8, 4) is 11.1 Å². The molecule has 3 heteroatoms. The molecular formula is C16H18N2O. The van der Waals surface area contributed by atoms with Gasteiger partial charge in [0.15, 0.2) is 0 Å². The second-order valence-electron chi connectivity index (χ2n) is 5.07. The van der Waals surface area contributed by atoms with E-state index < -0.39 is 0 Å². The molecule has 0 bridgehead atoms. The second-order valence-corrected chi connectivity index (χ2v) is 5.07. The third-order valence-electron chi connectivity index (χ3n) is 3.83. The van der Waals surface area contributed by atoms with Crippen LogP contribution in [0.2, 0.25) is 0 Å². The van der Waals surface area contributed by atoms with Crippen LogP contribution in [0.25, 0.3) is 11.1 Å². The summed E-state index contributed by atoms with van der Waals surface area (Å²) >= 11 is 0. The van der Waals surface area contributed by atoms with E-state index in [0.29, 0.717) is 0 Å². The number of hydrogen-bond donors (Lipinski definition) is 1. The van der Waals surface area contributed by atoms with Crippen LogP contribution < -0.4 is 10.5 Å². The van der Waals surface area contributed by atoms with Gasteiger partial charge in [0, 0.05) is 24.8 Å². The van der Waals surface area contributed by atoms with Crippen LogP contribution >= 0.6 is 0 Å². The fourth-order valence-corrected chi connectivity index (χ4v) is 2.85. The van der Waals surface area contributed by atoms with Crippen LogP contribution in [-0.2, 0) is 0 Å². The second kappa shape index (κ2) is 4.92. The fraction of sp³-hybridized carbons (Fsp3) is 0.312. The largest absolute Gasteiger partial charge is 0.367 e. The molecule has 1 fully saturated rings. The lowest BCUT2D eigenvalue weighted by Gasteiger charge is -2.20. The zero-order valence-electron chi connectivity index (χ0n) is 11.1.